The van der Waals surface area contributed by atoms with Gasteiger partial charge in [-0.1, -0.05) is 0 Å². The molecule has 0 bridgehead atoms. The molecule has 1 fully saturated rings. The third-order valence-corrected chi connectivity index (χ3v) is 4.27. The molecule has 0 spiro atoms. The Bertz CT molecular complexity index is 594. The van der Waals surface area contributed by atoms with E-state index in [1.165, 1.54) is 37.2 Å². The first-order valence-electron chi connectivity index (χ1n) is 7.82. The lowest BCUT2D eigenvalue weighted by atomic mass is 10.1. The van der Waals surface area contributed by atoms with Gasteiger partial charge >= 0.3 is 0 Å². The van der Waals surface area contributed by atoms with Crippen LogP contribution in [0.5, 0.6) is 0 Å². The van der Waals surface area contributed by atoms with Crippen LogP contribution in [0.2, 0.25) is 0 Å². The van der Waals surface area contributed by atoms with Crippen LogP contribution in [-0.4, -0.2) is 13.1 Å². The summed E-state index contributed by atoms with van der Waals surface area (Å²) in [6.07, 6.45) is 2.63. The molecule has 3 heteroatoms. The molecule has 1 N–H and O–H groups in total. The molecule has 21 heavy (non-hydrogen) atoms. The minimum absolute atomic E-state index is 0.250. The van der Waals surface area contributed by atoms with Crippen LogP contribution in [0.1, 0.15) is 42.9 Å². The summed E-state index contributed by atoms with van der Waals surface area (Å²) in [6.45, 7) is 8.57. The fourth-order valence-corrected chi connectivity index (χ4v) is 3.15. The number of nitrogens with one attached hydrogen (secondary N) is 1. The van der Waals surface area contributed by atoms with Gasteiger partial charge in [-0.05, 0) is 63.9 Å². The lowest BCUT2D eigenvalue weighted by molar-refractivity contribution is 0.500. The SMILES string of the molecule is Cc1cc(C(C)Nc2ccc(N3CCCC3)cc2)c(C)o1. The molecule has 0 radical (unpaired) electrons. The summed E-state index contributed by atoms with van der Waals surface area (Å²) in [7, 11) is 0. The third kappa shape index (κ3) is 3.07. The maximum absolute atomic E-state index is 5.61. The molecule has 0 amide bonds. The van der Waals surface area contributed by atoms with E-state index in [-0.39, 0.29) is 6.04 Å². The van der Waals surface area contributed by atoms with Gasteiger partial charge in [0.05, 0.1) is 6.04 Å². The first kappa shape index (κ1) is 14.1. The van der Waals surface area contributed by atoms with E-state index in [1.54, 1.807) is 0 Å². The van der Waals surface area contributed by atoms with E-state index in [9.17, 15) is 0 Å². The Kier molecular flexibility index (Phi) is 3.91. The molecule has 1 aromatic heterocycles. The van der Waals surface area contributed by atoms with Crippen LogP contribution < -0.4 is 10.2 Å². The number of anilines is 2. The fourth-order valence-electron chi connectivity index (χ4n) is 3.15. The molecule has 1 aliphatic rings. The topological polar surface area (TPSA) is 28.4 Å². The maximum atomic E-state index is 5.61. The van der Waals surface area contributed by atoms with Crippen LogP contribution in [0.15, 0.2) is 34.7 Å². The molecule has 1 aromatic carbocycles. The molecule has 1 saturated heterocycles. The standard InChI is InChI=1S/C18H24N2O/c1-13-12-18(15(3)21-13)14(2)19-16-6-8-17(9-7-16)20-10-4-5-11-20/h6-9,12,14,19H,4-5,10-11H2,1-3H3. The lowest BCUT2D eigenvalue weighted by Gasteiger charge is -2.19. The molecule has 2 heterocycles. The summed E-state index contributed by atoms with van der Waals surface area (Å²) in [5.41, 5.74) is 3.72. The Morgan fingerprint density at radius 1 is 1.10 bits per heavy atom. The maximum Gasteiger partial charge on any atom is 0.106 e. The van der Waals surface area contributed by atoms with Gasteiger partial charge in [0.1, 0.15) is 11.5 Å². The van der Waals surface area contributed by atoms with E-state index >= 15 is 0 Å². The van der Waals surface area contributed by atoms with Gasteiger partial charge in [-0.3, -0.25) is 0 Å². The van der Waals surface area contributed by atoms with Gasteiger partial charge in [0.2, 0.25) is 0 Å². The van der Waals surface area contributed by atoms with E-state index < -0.39 is 0 Å². The molecule has 1 atom stereocenters. The molecule has 1 aliphatic heterocycles. The molecule has 1 unspecified atom stereocenters. The van der Waals surface area contributed by atoms with Crippen molar-refractivity contribution >= 4 is 11.4 Å². The molecule has 0 aliphatic carbocycles. The first-order chi connectivity index (χ1) is 10.1. The van der Waals surface area contributed by atoms with Crippen LogP contribution >= 0.6 is 0 Å². The fraction of sp³-hybridized carbons (Fsp3) is 0.444. The van der Waals surface area contributed by atoms with Gasteiger partial charge in [-0.25, -0.2) is 0 Å². The van der Waals surface area contributed by atoms with Crippen molar-refractivity contribution in [3.63, 3.8) is 0 Å². The van der Waals surface area contributed by atoms with E-state index in [2.05, 4.69) is 47.5 Å². The summed E-state index contributed by atoms with van der Waals surface area (Å²) in [4.78, 5) is 2.46. The van der Waals surface area contributed by atoms with Crippen molar-refractivity contribution in [3.05, 3.63) is 47.4 Å². The van der Waals surface area contributed by atoms with Crippen LogP contribution in [0.3, 0.4) is 0 Å². The highest BCUT2D eigenvalue weighted by molar-refractivity contribution is 5.56. The molecule has 3 rings (SSSR count). The van der Waals surface area contributed by atoms with Crippen molar-refractivity contribution in [1.82, 2.24) is 0 Å². The summed E-state index contributed by atoms with van der Waals surface area (Å²) >= 11 is 0. The number of hydrogen-bond acceptors (Lipinski definition) is 3. The van der Waals surface area contributed by atoms with Crippen LogP contribution in [0.25, 0.3) is 0 Å². The number of nitrogens with zero attached hydrogens (tertiary/aromatic N) is 1. The third-order valence-electron chi connectivity index (χ3n) is 4.27. The zero-order valence-corrected chi connectivity index (χ0v) is 13.1. The highest BCUT2D eigenvalue weighted by Gasteiger charge is 2.14. The van der Waals surface area contributed by atoms with Gasteiger partial charge < -0.3 is 14.6 Å². The van der Waals surface area contributed by atoms with Gasteiger partial charge in [0.15, 0.2) is 0 Å². The predicted octanol–water partition coefficient (Wildman–Crippen LogP) is 4.67. The Balaban J connectivity index is 1.68. The average Bonchev–Trinajstić information content (AvgIpc) is 3.09. The molecule has 3 nitrogen and oxygen atoms in total. The highest BCUT2D eigenvalue weighted by atomic mass is 16.3. The van der Waals surface area contributed by atoms with E-state index in [0.29, 0.717) is 0 Å². The van der Waals surface area contributed by atoms with E-state index in [4.69, 9.17) is 4.42 Å². The second-order valence-corrected chi connectivity index (χ2v) is 5.98. The van der Waals surface area contributed by atoms with Crippen molar-refractivity contribution in [2.24, 2.45) is 0 Å². The summed E-state index contributed by atoms with van der Waals surface area (Å²) < 4.78 is 5.61. The highest BCUT2D eigenvalue weighted by Crippen LogP contribution is 2.27. The monoisotopic (exact) mass is 284 g/mol. The van der Waals surface area contributed by atoms with Gasteiger partial charge in [-0.2, -0.15) is 0 Å². The summed E-state index contributed by atoms with van der Waals surface area (Å²) in [5, 5.41) is 3.55. The van der Waals surface area contributed by atoms with Crippen molar-refractivity contribution in [3.8, 4) is 0 Å². The molecule has 0 saturated carbocycles. The van der Waals surface area contributed by atoms with E-state index in [1.807, 2.05) is 13.8 Å². The van der Waals surface area contributed by atoms with Crippen LogP contribution in [0.4, 0.5) is 11.4 Å². The number of hydrogen-bond donors (Lipinski definition) is 1. The second kappa shape index (κ2) is 5.84. The van der Waals surface area contributed by atoms with E-state index in [0.717, 1.165) is 17.2 Å². The zero-order valence-electron chi connectivity index (χ0n) is 13.1. The number of rotatable bonds is 4. The smallest absolute Gasteiger partial charge is 0.106 e. The Hall–Kier alpha value is -1.90. The summed E-state index contributed by atoms with van der Waals surface area (Å²) in [6, 6.07) is 11.1. The Labute approximate surface area is 127 Å². The minimum Gasteiger partial charge on any atom is -0.466 e. The molecular formula is C18H24N2O. The molecule has 112 valence electrons. The van der Waals surface area contributed by atoms with Crippen LogP contribution in [0, 0.1) is 13.8 Å². The quantitative estimate of drug-likeness (QED) is 0.884. The number of furan rings is 1. The van der Waals surface area contributed by atoms with Crippen molar-refractivity contribution in [1.29, 1.82) is 0 Å². The predicted molar refractivity (Wildman–Crippen MR) is 88.1 cm³/mol. The molecular weight excluding hydrogens is 260 g/mol. The summed E-state index contributed by atoms with van der Waals surface area (Å²) in [5.74, 6) is 1.97. The second-order valence-electron chi connectivity index (χ2n) is 5.98. The van der Waals surface area contributed by atoms with Crippen LogP contribution in [-0.2, 0) is 0 Å². The van der Waals surface area contributed by atoms with Gasteiger partial charge in [0, 0.05) is 30.0 Å². The molecule has 2 aromatic rings. The Morgan fingerprint density at radius 2 is 1.76 bits per heavy atom. The van der Waals surface area contributed by atoms with Gasteiger partial charge in [-0.15, -0.1) is 0 Å². The number of aryl methyl sites for hydroxylation is 2. The minimum atomic E-state index is 0.250. The lowest BCUT2D eigenvalue weighted by Crippen LogP contribution is -2.17. The van der Waals surface area contributed by atoms with Crippen molar-refractivity contribution < 1.29 is 4.42 Å². The van der Waals surface area contributed by atoms with Gasteiger partial charge in [0.25, 0.3) is 0 Å². The average molecular weight is 284 g/mol. The number of benzene rings is 1. The normalized spacial score (nSPS) is 16.2. The largest absolute Gasteiger partial charge is 0.466 e. The zero-order chi connectivity index (χ0) is 14.8. The Morgan fingerprint density at radius 3 is 2.33 bits per heavy atom. The van der Waals surface area contributed by atoms with Crippen molar-refractivity contribution in [2.45, 2.75) is 39.7 Å². The van der Waals surface area contributed by atoms with Crippen molar-refractivity contribution in [2.75, 3.05) is 23.3 Å². The first-order valence-corrected chi connectivity index (χ1v) is 7.82.